The molecule has 400 valence electrons. The summed E-state index contributed by atoms with van der Waals surface area (Å²) in [5.74, 6) is -2.27. The maximum absolute atomic E-state index is 12.9. The fourth-order valence-corrected chi connectivity index (χ4v) is 8.45. The van der Waals surface area contributed by atoms with Crippen LogP contribution in [0.4, 0.5) is 0 Å². The number of rotatable bonds is 54. The summed E-state index contributed by atoms with van der Waals surface area (Å²) in [7, 11) is 5.93. The van der Waals surface area contributed by atoms with Crippen molar-refractivity contribution in [1.29, 1.82) is 0 Å². The number of nitrogens with zero attached hydrogens (tertiary/aromatic N) is 1. The molecular formula is C59H111NO8. The van der Waals surface area contributed by atoms with Crippen LogP contribution in [0, 0.1) is 0 Å². The van der Waals surface area contributed by atoms with Gasteiger partial charge in [-0.2, -0.15) is 0 Å². The molecule has 0 N–H and O–H groups in total. The first-order chi connectivity index (χ1) is 33.1. The molecule has 0 amide bonds. The maximum atomic E-state index is 12.9. The van der Waals surface area contributed by atoms with Crippen molar-refractivity contribution in [2.45, 2.75) is 289 Å². The Bertz CT molecular complexity index is 1170. The fraction of sp³-hybridized carbons (Fsp3) is 0.881. The molecule has 2 unspecified atom stereocenters. The second-order valence-corrected chi connectivity index (χ2v) is 20.9. The lowest BCUT2D eigenvalue weighted by Gasteiger charge is -2.26. The van der Waals surface area contributed by atoms with Gasteiger partial charge in [-0.1, -0.05) is 244 Å². The molecule has 0 fully saturated rings. The number of allylic oxidation sites excluding steroid dienone is 4. The quantitative estimate of drug-likeness (QED) is 0.0195. The second kappa shape index (κ2) is 51.1. The molecule has 0 spiro atoms. The highest BCUT2D eigenvalue weighted by Gasteiger charge is 2.22. The molecule has 0 heterocycles. The Morgan fingerprint density at radius 3 is 1.16 bits per heavy atom. The van der Waals surface area contributed by atoms with E-state index in [0.29, 0.717) is 23.9 Å². The minimum absolute atomic E-state index is 0.149. The van der Waals surface area contributed by atoms with E-state index in [-0.39, 0.29) is 32.2 Å². The highest BCUT2D eigenvalue weighted by atomic mass is 16.7. The average molecular weight is 963 g/mol. The highest BCUT2D eigenvalue weighted by Crippen LogP contribution is 2.17. The molecule has 0 aliphatic heterocycles. The number of carboxylic acid groups (broad SMARTS) is 1. The van der Waals surface area contributed by atoms with E-state index in [4.69, 9.17) is 18.9 Å². The lowest BCUT2D eigenvalue weighted by Crippen LogP contribution is -2.44. The van der Waals surface area contributed by atoms with Crippen molar-refractivity contribution in [1.82, 2.24) is 0 Å². The molecule has 0 bridgehead atoms. The van der Waals surface area contributed by atoms with Gasteiger partial charge >= 0.3 is 11.9 Å². The van der Waals surface area contributed by atoms with Gasteiger partial charge in [-0.05, 0) is 44.9 Å². The van der Waals surface area contributed by atoms with Crippen molar-refractivity contribution in [3.63, 3.8) is 0 Å². The van der Waals surface area contributed by atoms with Crippen molar-refractivity contribution in [3.8, 4) is 0 Å². The third-order valence-corrected chi connectivity index (χ3v) is 13.0. The van der Waals surface area contributed by atoms with E-state index in [2.05, 4.69) is 38.2 Å². The van der Waals surface area contributed by atoms with E-state index in [1.54, 1.807) is 0 Å². The molecule has 2 atom stereocenters. The number of hydrogen-bond donors (Lipinski definition) is 0. The van der Waals surface area contributed by atoms with Crippen LogP contribution in [0.15, 0.2) is 24.3 Å². The third kappa shape index (κ3) is 51.6. The average Bonchev–Trinajstić information content (AvgIpc) is 3.30. The van der Waals surface area contributed by atoms with Crippen LogP contribution < -0.4 is 5.11 Å². The molecule has 0 rings (SSSR count). The third-order valence-electron chi connectivity index (χ3n) is 13.0. The van der Waals surface area contributed by atoms with E-state index in [1.807, 2.05) is 21.1 Å². The molecule has 0 saturated heterocycles. The standard InChI is InChI=1S/C59H111NO8/c1-6-8-10-12-14-16-18-20-22-24-26-28-30-31-33-35-37-39-41-43-45-47-49-56(61)66-53-55(54-67-59(58(63)64)65-52-51-60(3,4)5)68-57(62)50-48-46-44-42-40-38-36-34-32-29-27-25-23-21-19-17-15-13-11-9-7-2/h19,21,25,27,55,59H,6-18,20,22-24,26,28-54H2,1-5H3/b21-19-,27-25-. The Balaban J connectivity index is 4.23. The summed E-state index contributed by atoms with van der Waals surface area (Å²) in [6.45, 7) is 4.78. The van der Waals surface area contributed by atoms with Gasteiger partial charge in [0.05, 0.1) is 40.3 Å². The first kappa shape index (κ1) is 65.8. The topological polar surface area (TPSA) is 111 Å². The Morgan fingerprint density at radius 1 is 0.441 bits per heavy atom. The van der Waals surface area contributed by atoms with E-state index in [9.17, 15) is 19.5 Å². The second-order valence-electron chi connectivity index (χ2n) is 20.9. The van der Waals surface area contributed by atoms with Crippen molar-refractivity contribution in [3.05, 3.63) is 24.3 Å². The molecule has 0 aromatic carbocycles. The summed E-state index contributed by atoms with van der Waals surface area (Å²) in [5.41, 5.74) is 0. The zero-order valence-corrected chi connectivity index (χ0v) is 45.5. The van der Waals surface area contributed by atoms with Gasteiger partial charge in [0.2, 0.25) is 0 Å². The number of ether oxygens (including phenoxy) is 4. The van der Waals surface area contributed by atoms with Crippen LogP contribution in [0.3, 0.4) is 0 Å². The summed E-state index contributed by atoms with van der Waals surface area (Å²) in [6, 6.07) is 0. The van der Waals surface area contributed by atoms with Crippen LogP contribution >= 0.6 is 0 Å². The first-order valence-electron chi connectivity index (χ1n) is 29.0. The minimum atomic E-state index is -1.62. The summed E-state index contributed by atoms with van der Waals surface area (Å²) in [4.78, 5) is 37.3. The predicted octanol–water partition coefficient (Wildman–Crippen LogP) is 15.4. The van der Waals surface area contributed by atoms with Gasteiger partial charge in [0, 0.05) is 12.8 Å². The number of quaternary nitrogens is 1. The van der Waals surface area contributed by atoms with Gasteiger partial charge in [0.25, 0.3) is 0 Å². The maximum Gasteiger partial charge on any atom is 0.306 e. The Hall–Kier alpha value is -2.23. The summed E-state index contributed by atoms with van der Waals surface area (Å²) >= 11 is 0. The van der Waals surface area contributed by atoms with E-state index in [0.717, 1.165) is 51.4 Å². The van der Waals surface area contributed by atoms with Gasteiger partial charge in [0.1, 0.15) is 13.2 Å². The van der Waals surface area contributed by atoms with Crippen LogP contribution in [0.2, 0.25) is 0 Å². The number of likely N-dealkylation sites (N-methyl/N-ethyl adjacent to an activating group) is 1. The molecule has 0 radical (unpaired) electrons. The molecule has 68 heavy (non-hydrogen) atoms. The number of carbonyl (C=O) groups excluding carboxylic acids is 3. The van der Waals surface area contributed by atoms with Gasteiger partial charge < -0.3 is 33.3 Å². The molecule has 9 nitrogen and oxygen atoms in total. The highest BCUT2D eigenvalue weighted by molar-refractivity contribution is 5.70. The number of carbonyl (C=O) groups is 3. The molecule has 9 heteroatoms. The van der Waals surface area contributed by atoms with Crippen molar-refractivity contribution in [2.24, 2.45) is 0 Å². The summed E-state index contributed by atoms with van der Waals surface area (Å²) < 4.78 is 22.7. The van der Waals surface area contributed by atoms with Crippen LogP contribution in [0.5, 0.6) is 0 Å². The molecule has 0 aromatic rings. The van der Waals surface area contributed by atoms with E-state index < -0.39 is 24.3 Å². The predicted molar refractivity (Wildman–Crippen MR) is 283 cm³/mol. The number of aliphatic carboxylic acids is 1. The van der Waals surface area contributed by atoms with Crippen LogP contribution in [0.25, 0.3) is 0 Å². The molecule has 0 saturated carbocycles. The van der Waals surface area contributed by atoms with Gasteiger partial charge in [-0.15, -0.1) is 0 Å². The number of carboxylic acids is 1. The van der Waals surface area contributed by atoms with Crippen molar-refractivity contribution >= 4 is 17.9 Å². The normalized spacial score (nSPS) is 12.9. The van der Waals surface area contributed by atoms with Crippen molar-refractivity contribution in [2.75, 3.05) is 47.5 Å². The summed E-state index contributed by atoms with van der Waals surface area (Å²) in [6.07, 6.45) is 56.5. The van der Waals surface area contributed by atoms with Crippen LogP contribution in [-0.2, 0) is 33.3 Å². The zero-order valence-electron chi connectivity index (χ0n) is 45.5. The van der Waals surface area contributed by atoms with Crippen LogP contribution in [-0.4, -0.2) is 82.3 Å². The largest absolute Gasteiger partial charge is 0.545 e. The van der Waals surface area contributed by atoms with Gasteiger partial charge in [-0.25, -0.2) is 0 Å². The molecular weight excluding hydrogens is 851 g/mol. The van der Waals surface area contributed by atoms with Crippen molar-refractivity contribution < 1.29 is 42.9 Å². The number of hydrogen-bond acceptors (Lipinski definition) is 8. The first-order valence-corrected chi connectivity index (χ1v) is 29.0. The Kier molecular flexibility index (Phi) is 49.5. The summed E-state index contributed by atoms with van der Waals surface area (Å²) in [5, 5.41) is 11.8. The molecule has 0 aliphatic carbocycles. The van der Waals surface area contributed by atoms with Gasteiger partial charge in [0.15, 0.2) is 12.4 Å². The van der Waals surface area contributed by atoms with Gasteiger partial charge in [-0.3, -0.25) is 9.59 Å². The number of unbranched alkanes of at least 4 members (excludes halogenated alkanes) is 35. The van der Waals surface area contributed by atoms with E-state index >= 15 is 0 Å². The Labute approximate surface area is 420 Å². The Morgan fingerprint density at radius 2 is 0.794 bits per heavy atom. The van der Waals surface area contributed by atoms with Crippen LogP contribution in [0.1, 0.15) is 277 Å². The smallest absolute Gasteiger partial charge is 0.306 e. The fourth-order valence-electron chi connectivity index (χ4n) is 8.45. The zero-order chi connectivity index (χ0) is 49.9. The molecule has 0 aromatic heterocycles. The minimum Gasteiger partial charge on any atom is -0.545 e. The SMILES string of the molecule is CCCCCCC/C=C\C/C=C\CCCCCCCCCCCC(=O)OC(COC(=O)CCCCCCCCCCCCCCCCCCCCCCCC)COC(OCC[N+](C)(C)C)C(=O)[O-]. The van der Waals surface area contributed by atoms with E-state index in [1.165, 1.54) is 193 Å². The lowest BCUT2D eigenvalue weighted by molar-refractivity contribution is -0.870. The lowest BCUT2D eigenvalue weighted by atomic mass is 10.0. The monoisotopic (exact) mass is 962 g/mol. The molecule has 0 aliphatic rings. The number of esters is 2.